The van der Waals surface area contributed by atoms with Crippen molar-refractivity contribution < 1.29 is 47.8 Å². The smallest absolute Gasteiger partial charge is 0.462 e. The maximum atomic E-state index is 12.5. The van der Waals surface area contributed by atoms with Crippen LogP contribution in [0.4, 0.5) is 0 Å². The summed E-state index contributed by atoms with van der Waals surface area (Å²) in [6.07, 6.45) is 32.6. The molecule has 0 aliphatic carbocycles. The second kappa shape index (κ2) is 34.6. The van der Waals surface area contributed by atoms with Crippen LogP contribution in [0.2, 0.25) is 0 Å². The van der Waals surface area contributed by atoms with Crippen LogP contribution in [0.15, 0.2) is 36.5 Å². The second-order valence-electron chi connectivity index (χ2n) is 12.6. The molecule has 0 aromatic rings. The van der Waals surface area contributed by atoms with Crippen LogP contribution in [0, 0.1) is 0 Å². The van der Waals surface area contributed by atoms with Crippen molar-refractivity contribution in [2.24, 2.45) is 0 Å². The van der Waals surface area contributed by atoms with Gasteiger partial charge in [0.1, 0.15) is 12.7 Å². The number of aliphatic hydroxyl groups is 2. The number of ether oxygens (including phenoxy) is 2. The predicted molar refractivity (Wildman–Crippen MR) is 196 cm³/mol. The highest BCUT2D eigenvalue weighted by molar-refractivity contribution is 7.47. The lowest BCUT2D eigenvalue weighted by Crippen LogP contribution is -2.29. The number of phosphoric acid groups is 1. The minimum Gasteiger partial charge on any atom is -0.462 e. The van der Waals surface area contributed by atoms with Crippen LogP contribution < -0.4 is 0 Å². The van der Waals surface area contributed by atoms with Crippen molar-refractivity contribution in [3.05, 3.63) is 36.5 Å². The summed E-state index contributed by atoms with van der Waals surface area (Å²) in [5.74, 6) is -0.954. The molecule has 0 rings (SSSR count). The standard InChI is InChI=1S/C38H69O10P/c1-3-5-7-9-11-13-14-15-16-17-18-19-20-22-24-26-28-30-38(42)48-36(34-47-49(43,44)46-32-35(40)31-39)33-45-37(41)29-27-25-23-21-12-10-8-6-4-2/h11,13,15-16,18-19,35-36,39-40H,3-10,12,14,17,20-34H2,1-2H3,(H,43,44)/b13-11+,16-15+,19-18+/t35-,36+/m0/s1. The van der Waals surface area contributed by atoms with Gasteiger partial charge in [0.05, 0.1) is 19.8 Å². The third-order valence-electron chi connectivity index (χ3n) is 7.80. The monoisotopic (exact) mass is 716 g/mol. The average Bonchev–Trinajstić information content (AvgIpc) is 3.09. The molecule has 0 saturated carbocycles. The Morgan fingerprint density at radius 3 is 1.63 bits per heavy atom. The lowest BCUT2D eigenvalue weighted by molar-refractivity contribution is -0.161. The normalized spacial score (nSPS) is 14.5. The molecule has 1 unspecified atom stereocenters. The first-order valence-electron chi connectivity index (χ1n) is 18.9. The van der Waals surface area contributed by atoms with Gasteiger partial charge in [-0.2, -0.15) is 0 Å². The number of phosphoric ester groups is 1. The average molecular weight is 717 g/mol. The fourth-order valence-corrected chi connectivity index (χ4v) is 5.61. The fourth-order valence-electron chi connectivity index (χ4n) is 4.82. The van der Waals surface area contributed by atoms with Crippen LogP contribution in [0.25, 0.3) is 0 Å². The molecule has 0 heterocycles. The van der Waals surface area contributed by atoms with Crippen molar-refractivity contribution >= 4 is 19.8 Å². The summed E-state index contributed by atoms with van der Waals surface area (Å²) in [6.45, 7) is 2.28. The molecule has 0 aromatic carbocycles. The van der Waals surface area contributed by atoms with Gasteiger partial charge >= 0.3 is 19.8 Å². The predicted octanol–water partition coefficient (Wildman–Crippen LogP) is 9.22. The van der Waals surface area contributed by atoms with E-state index in [2.05, 4.69) is 54.8 Å². The minimum absolute atomic E-state index is 0.159. The maximum Gasteiger partial charge on any atom is 0.472 e. The van der Waals surface area contributed by atoms with E-state index >= 15 is 0 Å². The van der Waals surface area contributed by atoms with Crippen LogP contribution >= 0.6 is 7.82 Å². The lowest BCUT2D eigenvalue weighted by Gasteiger charge is -2.20. The van der Waals surface area contributed by atoms with Gasteiger partial charge in [0, 0.05) is 12.8 Å². The van der Waals surface area contributed by atoms with E-state index < -0.39 is 51.8 Å². The first kappa shape index (κ1) is 47.2. The summed E-state index contributed by atoms with van der Waals surface area (Å²) < 4.78 is 32.5. The van der Waals surface area contributed by atoms with Gasteiger partial charge in [0.25, 0.3) is 0 Å². The molecule has 0 aliphatic rings. The zero-order chi connectivity index (χ0) is 36.3. The SMILES string of the molecule is CCCCC/C=C/C/C=C/C/C=C/CCCCCCC(=O)O[C@H](COC(=O)CCCCCCCCCCC)COP(=O)(O)OC[C@@H](O)CO. The van der Waals surface area contributed by atoms with E-state index in [1.54, 1.807) is 0 Å². The molecule has 0 fully saturated rings. The molecule has 0 radical (unpaired) electrons. The van der Waals surface area contributed by atoms with Crippen molar-refractivity contribution in [1.82, 2.24) is 0 Å². The Hall–Kier alpha value is -1.81. The highest BCUT2D eigenvalue weighted by Gasteiger charge is 2.27. The molecule has 10 nitrogen and oxygen atoms in total. The summed E-state index contributed by atoms with van der Waals surface area (Å²) in [4.78, 5) is 34.7. The highest BCUT2D eigenvalue weighted by Crippen LogP contribution is 2.43. The molecule has 286 valence electrons. The quantitative estimate of drug-likeness (QED) is 0.0251. The second-order valence-corrected chi connectivity index (χ2v) is 14.1. The number of rotatable bonds is 35. The van der Waals surface area contributed by atoms with E-state index in [0.29, 0.717) is 12.8 Å². The Bertz CT molecular complexity index is 920. The maximum absolute atomic E-state index is 12.5. The van der Waals surface area contributed by atoms with E-state index in [-0.39, 0.29) is 19.4 Å². The number of hydrogen-bond acceptors (Lipinski definition) is 9. The van der Waals surface area contributed by atoms with Crippen molar-refractivity contribution in [3.63, 3.8) is 0 Å². The first-order valence-corrected chi connectivity index (χ1v) is 20.4. The van der Waals surface area contributed by atoms with Crippen LogP contribution in [0.3, 0.4) is 0 Å². The summed E-state index contributed by atoms with van der Waals surface area (Å²) >= 11 is 0. The largest absolute Gasteiger partial charge is 0.472 e. The fraction of sp³-hybridized carbons (Fsp3) is 0.789. The van der Waals surface area contributed by atoms with Gasteiger partial charge in [-0.15, -0.1) is 0 Å². The molecule has 3 N–H and O–H groups in total. The van der Waals surface area contributed by atoms with E-state index in [0.717, 1.165) is 57.8 Å². The minimum atomic E-state index is -4.61. The molecule has 0 aromatic heterocycles. The molecule has 0 amide bonds. The van der Waals surface area contributed by atoms with Gasteiger partial charge in [-0.25, -0.2) is 4.57 Å². The van der Waals surface area contributed by atoms with Crippen LogP contribution in [-0.4, -0.2) is 65.7 Å². The van der Waals surface area contributed by atoms with Crippen molar-refractivity contribution in [1.29, 1.82) is 0 Å². The molecule has 0 aliphatic heterocycles. The van der Waals surface area contributed by atoms with Crippen molar-refractivity contribution in [3.8, 4) is 0 Å². The topological polar surface area (TPSA) is 149 Å². The van der Waals surface area contributed by atoms with Gasteiger partial charge in [-0.1, -0.05) is 127 Å². The molecule has 0 bridgehead atoms. The summed E-state index contributed by atoms with van der Waals surface area (Å²) in [7, 11) is -4.61. The molecule has 0 saturated heterocycles. The molecule has 11 heteroatoms. The van der Waals surface area contributed by atoms with Gasteiger partial charge in [-0.3, -0.25) is 18.6 Å². The molecule has 0 spiro atoms. The molecule has 49 heavy (non-hydrogen) atoms. The first-order chi connectivity index (χ1) is 23.7. The third-order valence-corrected chi connectivity index (χ3v) is 8.75. The summed E-state index contributed by atoms with van der Waals surface area (Å²) in [6, 6.07) is 0. The Labute approximate surface area is 297 Å². The van der Waals surface area contributed by atoms with Crippen LogP contribution in [0.1, 0.15) is 155 Å². The van der Waals surface area contributed by atoms with Crippen LogP contribution in [-0.2, 0) is 32.7 Å². The number of carbonyl (C=O) groups excluding carboxylic acids is 2. The highest BCUT2D eigenvalue weighted by atomic mass is 31.2. The summed E-state index contributed by atoms with van der Waals surface area (Å²) in [5.41, 5.74) is 0. The number of hydrogen-bond donors (Lipinski definition) is 3. The molecule has 3 atom stereocenters. The Morgan fingerprint density at radius 1 is 0.612 bits per heavy atom. The number of esters is 2. The number of unbranched alkanes of at least 4 members (excludes halogenated alkanes) is 15. The van der Waals surface area contributed by atoms with Crippen LogP contribution in [0.5, 0.6) is 0 Å². The Balaban J connectivity index is 4.40. The number of carbonyl (C=O) groups is 2. The van der Waals surface area contributed by atoms with Gasteiger partial charge < -0.3 is 24.6 Å². The zero-order valence-electron chi connectivity index (χ0n) is 30.7. The molecular weight excluding hydrogens is 647 g/mol. The number of allylic oxidation sites excluding steroid dienone is 6. The van der Waals surface area contributed by atoms with Crippen molar-refractivity contribution in [2.75, 3.05) is 26.4 Å². The van der Waals surface area contributed by atoms with E-state index in [1.165, 1.54) is 57.8 Å². The zero-order valence-corrected chi connectivity index (χ0v) is 31.5. The van der Waals surface area contributed by atoms with Gasteiger partial charge in [-0.05, 0) is 51.4 Å². The lowest BCUT2D eigenvalue weighted by atomic mass is 10.1. The van der Waals surface area contributed by atoms with Gasteiger partial charge in [0.15, 0.2) is 6.10 Å². The van der Waals surface area contributed by atoms with E-state index in [9.17, 15) is 24.2 Å². The number of aliphatic hydroxyl groups excluding tert-OH is 2. The van der Waals surface area contributed by atoms with Crippen molar-refractivity contribution in [2.45, 2.75) is 167 Å². The molecular formula is C38H69O10P. The Morgan fingerprint density at radius 2 is 1.06 bits per heavy atom. The third kappa shape index (κ3) is 34.4. The Kier molecular flexibility index (Phi) is 33.4. The van der Waals surface area contributed by atoms with E-state index in [4.69, 9.17) is 19.1 Å². The van der Waals surface area contributed by atoms with E-state index in [1.807, 2.05) is 0 Å². The summed E-state index contributed by atoms with van der Waals surface area (Å²) in [5, 5.41) is 18.2. The van der Waals surface area contributed by atoms with Gasteiger partial charge in [0.2, 0.25) is 0 Å².